The van der Waals surface area contributed by atoms with Crippen molar-refractivity contribution in [1.82, 2.24) is 0 Å². The Balaban J connectivity index is 1.53. The second-order valence-corrected chi connectivity index (χ2v) is 6.65. The molecule has 22 heavy (non-hydrogen) atoms. The summed E-state index contributed by atoms with van der Waals surface area (Å²) in [6.45, 7) is 0.397. The Labute approximate surface area is 132 Å². The van der Waals surface area contributed by atoms with Crippen LogP contribution < -0.4 is 11.1 Å². The predicted molar refractivity (Wildman–Crippen MR) is 91.2 cm³/mol. The lowest BCUT2D eigenvalue weighted by molar-refractivity contribution is 0.0924. The molecule has 1 atom stereocenters. The lowest BCUT2D eigenvalue weighted by atomic mass is 9.85. The number of rotatable bonds is 4. The minimum Gasteiger partial charge on any atom is -0.391 e. The minimum absolute atomic E-state index is 0.360. The molecule has 0 amide bonds. The maximum atomic E-state index is 10.2. The number of fused-ring (bicyclic) bond motifs is 1. The average Bonchev–Trinajstić information content (AvgIpc) is 3.01. The van der Waals surface area contributed by atoms with Gasteiger partial charge >= 0.3 is 0 Å². The van der Waals surface area contributed by atoms with E-state index in [1.807, 2.05) is 0 Å². The van der Waals surface area contributed by atoms with Crippen LogP contribution in [-0.4, -0.2) is 23.7 Å². The number of aliphatic hydroxyl groups excluding tert-OH is 1. The van der Waals surface area contributed by atoms with Crippen LogP contribution in [0.1, 0.15) is 49.7 Å². The molecule has 0 heterocycles. The van der Waals surface area contributed by atoms with Crippen LogP contribution in [-0.2, 0) is 12.8 Å². The monoisotopic (exact) mass is 301 g/mol. The Morgan fingerprint density at radius 3 is 2.77 bits per heavy atom. The largest absolute Gasteiger partial charge is 0.391 e. The number of guanidine groups is 1. The molecule has 0 aromatic heterocycles. The third kappa shape index (κ3) is 3.80. The summed E-state index contributed by atoms with van der Waals surface area (Å²) >= 11 is 0. The first-order chi connectivity index (χ1) is 10.7. The SMILES string of the molecule is NC(=NCC(O)C1CCCCC1)Nc1ccc2c(c1)CCC2. The number of aliphatic hydroxyl groups is 1. The van der Waals surface area contributed by atoms with Crippen molar-refractivity contribution in [1.29, 1.82) is 0 Å². The summed E-state index contributed by atoms with van der Waals surface area (Å²) in [7, 11) is 0. The molecule has 4 N–H and O–H groups in total. The number of nitrogens with zero attached hydrogens (tertiary/aromatic N) is 1. The van der Waals surface area contributed by atoms with Gasteiger partial charge in [-0.05, 0) is 61.3 Å². The van der Waals surface area contributed by atoms with E-state index in [0.29, 0.717) is 18.4 Å². The molecule has 4 heteroatoms. The molecule has 1 fully saturated rings. The molecule has 0 aliphatic heterocycles. The molecule has 3 rings (SSSR count). The maximum absolute atomic E-state index is 10.2. The summed E-state index contributed by atoms with van der Waals surface area (Å²) in [6, 6.07) is 6.40. The molecule has 1 aromatic rings. The van der Waals surface area contributed by atoms with Gasteiger partial charge in [0.15, 0.2) is 5.96 Å². The summed E-state index contributed by atoms with van der Waals surface area (Å²) < 4.78 is 0. The Hall–Kier alpha value is -1.55. The van der Waals surface area contributed by atoms with Crippen molar-refractivity contribution in [3.8, 4) is 0 Å². The zero-order valence-corrected chi connectivity index (χ0v) is 13.2. The van der Waals surface area contributed by atoms with Crippen LogP contribution >= 0.6 is 0 Å². The number of hydrogen-bond acceptors (Lipinski definition) is 2. The van der Waals surface area contributed by atoms with Crippen LogP contribution in [0.5, 0.6) is 0 Å². The molecule has 0 saturated heterocycles. The van der Waals surface area contributed by atoms with Crippen LogP contribution in [0.15, 0.2) is 23.2 Å². The second-order valence-electron chi connectivity index (χ2n) is 6.65. The molecule has 1 aromatic carbocycles. The quantitative estimate of drug-likeness (QED) is 0.591. The van der Waals surface area contributed by atoms with E-state index in [0.717, 1.165) is 24.9 Å². The van der Waals surface area contributed by atoms with E-state index in [-0.39, 0.29) is 6.10 Å². The third-order valence-corrected chi connectivity index (χ3v) is 5.01. The van der Waals surface area contributed by atoms with Gasteiger partial charge in [-0.15, -0.1) is 0 Å². The zero-order valence-electron chi connectivity index (χ0n) is 13.2. The van der Waals surface area contributed by atoms with Gasteiger partial charge in [0, 0.05) is 5.69 Å². The molecule has 1 saturated carbocycles. The van der Waals surface area contributed by atoms with Gasteiger partial charge in [0.2, 0.25) is 0 Å². The van der Waals surface area contributed by atoms with E-state index in [1.165, 1.54) is 43.2 Å². The van der Waals surface area contributed by atoms with E-state index in [9.17, 15) is 5.11 Å². The van der Waals surface area contributed by atoms with Gasteiger partial charge < -0.3 is 16.2 Å². The summed E-state index contributed by atoms with van der Waals surface area (Å²) in [5.41, 5.74) is 9.82. The van der Waals surface area contributed by atoms with Crippen LogP contribution in [0.4, 0.5) is 5.69 Å². The van der Waals surface area contributed by atoms with Crippen molar-refractivity contribution >= 4 is 11.6 Å². The first-order valence-electron chi connectivity index (χ1n) is 8.59. The molecule has 2 aliphatic rings. The van der Waals surface area contributed by atoms with Crippen molar-refractivity contribution in [3.63, 3.8) is 0 Å². The number of nitrogens with two attached hydrogens (primary N) is 1. The standard InChI is InChI=1S/C18H27N3O/c19-18(20-12-17(22)14-5-2-1-3-6-14)21-16-10-9-13-7-4-8-15(13)11-16/h9-11,14,17,22H,1-8,12H2,(H3,19,20,21). The van der Waals surface area contributed by atoms with Crippen molar-refractivity contribution in [2.24, 2.45) is 16.6 Å². The number of nitrogens with one attached hydrogen (secondary N) is 1. The molecule has 0 radical (unpaired) electrons. The molecule has 120 valence electrons. The highest BCUT2D eigenvalue weighted by Crippen LogP contribution is 2.27. The van der Waals surface area contributed by atoms with Gasteiger partial charge in [-0.25, -0.2) is 0 Å². The Kier molecular flexibility index (Phi) is 4.98. The van der Waals surface area contributed by atoms with Crippen LogP contribution in [0.2, 0.25) is 0 Å². The fourth-order valence-corrected chi connectivity index (χ4v) is 3.70. The number of hydrogen-bond donors (Lipinski definition) is 3. The number of benzene rings is 1. The fraction of sp³-hybridized carbons (Fsp3) is 0.611. The predicted octanol–water partition coefficient (Wildman–Crippen LogP) is 2.84. The summed E-state index contributed by atoms with van der Waals surface area (Å²) in [5.74, 6) is 0.790. The normalized spacial score (nSPS) is 20.7. The molecule has 4 nitrogen and oxygen atoms in total. The molecular formula is C18H27N3O. The summed E-state index contributed by atoms with van der Waals surface area (Å²) in [5, 5.41) is 13.4. The van der Waals surface area contributed by atoms with Crippen LogP contribution in [0, 0.1) is 5.92 Å². The van der Waals surface area contributed by atoms with E-state index in [2.05, 4.69) is 28.5 Å². The number of anilines is 1. The Bertz CT molecular complexity index is 535. The highest BCUT2D eigenvalue weighted by Gasteiger charge is 2.21. The minimum atomic E-state index is -0.360. The smallest absolute Gasteiger partial charge is 0.193 e. The molecule has 0 bridgehead atoms. The lowest BCUT2D eigenvalue weighted by Gasteiger charge is -2.25. The number of aryl methyl sites for hydroxylation is 2. The van der Waals surface area contributed by atoms with E-state index in [1.54, 1.807) is 0 Å². The van der Waals surface area contributed by atoms with Gasteiger partial charge in [0.05, 0.1) is 12.6 Å². The van der Waals surface area contributed by atoms with Crippen molar-refractivity contribution in [3.05, 3.63) is 29.3 Å². The van der Waals surface area contributed by atoms with Gasteiger partial charge in [-0.2, -0.15) is 0 Å². The van der Waals surface area contributed by atoms with Crippen LogP contribution in [0.3, 0.4) is 0 Å². The van der Waals surface area contributed by atoms with Crippen molar-refractivity contribution in [2.45, 2.75) is 57.5 Å². The van der Waals surface area contributed by atoms with Gasteiger partial charge in [0.25, 0.3) is 0 Å². The Morgan fingerprint density at radius 2 is 1.95 bits per heavy atom. The molecule has 0 spiro atoms. The van der Waals surface area contributed by atoms with E-state index < -0.39 is 0 Å². The molecular weight excluding hydrogens is 274 g/mol. The lowest BCUT2D eigenvalue weighted by Crippen LogP contribution is -2.29. The highest BCUT2D eigenvalue weighted by molar-refractivity contribution is 5.92. The molecule has 2 aliphatic carbocycles. The first-order valence-corrected chi connectivity index (χ1v) is 8.59. The van der Waals surface area contributed by atoms with Crippen LogP contribution in [0.25, 0.3) is 0 Å². The second kappa shape index (κ2) is 7.14. The summed E-state index contributed by atoms with van der Waals surface area (Å²) in [6.07, 6.45) is 9.23. The zero-order chi connectivity index (χ0) is 15.4. The van der Waals surface area contributed by atoms with Gasteiger partial charge in [0.1, 0.15) is 0 Å². The van der Waals surface area contributed by atoms with Gasteiger partial charge in [-0.3, -0.25) is 4.99 Å². The van der Waals surface area contributed by atoms with Gasteiger partial charge in [-0.1, -0.05) is 25.3 Å². The van der Waals surface area contributed by atoms with Crippen molar-refractivity contribution in [2.75, 3.05) is 11.9 Å². The van der Waals surface area contributed by atoms with E-state index in [4.69, 9.17) is 5.73 Å². The third-order valence-electron chi connectivity index (χ3n) is 5.01. The fourth-order valence-electron chi connectivity index (χ4n) is 3.70. The first kappa shape index (κ1) is 15.3. The topological polar surface area (TPSA) is 70.6 Å². The highest BCUT2D eigenvalue weighted by atomic mass is 16.3. The van der Waals surface area contributed by atoms with E-state index >= 15 is 0 Å². The maximum Gasteiger partial charge on any atom is 0.193 e. The Morgan fingerprint density at radius 1 is 1.18 bits per heavy atom. The van der Waals surface area contributed by atoms with Crippen molar-refractivity contribution < 1.29 is 5.11 Å². The summed E-state index contributed by atoms with van der Waals surface area (Å²) in [4.78, 5) is 4.32. The molecule has 1 unspecified atom stereocenters. The number of aliphatic imine (C=N–C) groups is 1. The average molecular weight is 301 g/mol.